The van der Waals surface area contributed by atoms with E-state index in [9.17, 15) is 14.0 Å². The van der Waals surface area contributed by atoms with Crippen LogP contribution in [0.2, 0.25) is 0 Å². The number of fused-ring (bicyclic) bond motifs is 1. The van der Waals surface area contributed by atoms with Crippen LogP contribution in [-0.2, 0) is 6.42 Å². The molecule has 0 aliphatic carbocycles. The number of oxazole rings is 1. The third-order valence-electron chi connectivity index (χ3n) is 5.93. The first-order chi connectivity index (χ1) is 13.9. The summed E-state index contributed by atoms with van der Waals surface area (Å²) in [5, 5.41) is 0. The summed E-state index contributed by atoms with van der Waals surface area (Å²) in [5.41, 5.74) is 1.12. The molecule has 1 aromatic carbocycles. The van der Waals surface area contributed by atoms with Crippen molar-refractivity contribution in [3.8, 4) is 0 Å². The third kappa shape index (κ3) is 3.36. The average molecular weight is 400 g/mol. The van der Waals surface area contributed by atoms with Crippen LogP contribution in [0.15, 0.2) is 35.1 Å². The van der Waals surface area contributed by atoms with Gasteiger partial charge in [-0.15, -0.1) is 0 Å². The molecule has 1 aromatic heterocycles. The number of hydrogen-bond acceptors (Lipinski definition) is 4. The summed E-state index contributed by atoms with van der Waals surface area (Å²) < 4.78 is 19.2. The number of rotatable bonds is 3. The molecule has 0 N–H and O–H groups in total. The van der Waals surface area contributed by atoms with E-state index in [0.29, 0.717) is 37.5 Å². The molecule has 4 rings (SSSR count). The molecular formula is C21H25FN4O3. The molecule has 7 nitrogen and oxygen atoms in total. The Morgan fingerprint density at radius 2 is 2.07 bits per heavy atom. The van der Waals surface area contributed by atoms with Gasteiger partial charge in [-0.25, -0.2) is 14.2 Å². The van der Waals surface area contributed by atoms with E-state index in [4.69, 9.17) is 4.42 Å². The van der Waals surface area contributed by atoms with Gasteiger partial charge in [-0.3, -0.25) is 4.79 Å². The van der Waals surface area contributed by atoms with Gasteiger partial charge in [-0.1, -0.05) is 19.1 Å². The van der Waals surface area contributed by atoms with Crippen LogP contribution < -0.4 is 0 Å². The molecular weight excluding hydrogens is 375 g/mol. The molecule has 2 saturated heterocycles. The maximum Gasteiger partial charge on any atom is 0.320 e. The predicted molar refractivity (Wildman–Crippen MR) is 104 cm³/mol. The Hall–Kier alpha value is -2.90. The van der Waals surface area contributed by atoms with Gasteiger partial charge in [0.05, 0.1) is 6.04 Å². The van der Waals surface area contributed by atoms with Gasteiger partial charge in [-0.2, -0.15) is 0 Å². The highest BCUT2D eigenvalue weighted by Crippen LogP contribution is 2.45. The Kier molecular flexibility index (Phi) is 5.02. The normalized spacial score (nSPS) is 23.4. The lowest BCUT2D eigenvalue weighted by molar-refractivity contribution is 0.0759. The SMILES string of the molecule is CCc1ocnc1C(=O)N1C[C@@H]2CN(C(=O)N(C)C)[C@@H](c3cccc(F)c3)[C@@H]2C1. The molecule has 8 heteroatoms. The Bertz CT molecular complexity index is 928. The lowest BCUT2D eigenvalue weighted by Crippen LogP contribution is -2.42. The van der Waals surface area contributed by atoms with Crippen molar-refractivity contribution in [2.24, 2.45) is 11.8 Å². The molecule has 0 saturated carbocycles. The molecule has 2 fully saturated rings. The predicted octanol–water partition coefficient (Wildman–Crippen LogP) is 2.80. The van der Waals surface area contributed by atoms with Gasteiger partial charge in [0.15, 0.2) is 12.1 Å². The molecule has 0 bridgehead atoms. The van der Waals surface area contributed by atoms with E-state index in [1.165, 1.54) is 18.5 Å². The first-order valence-electron chi connectivity index (χ1n) is 9.85. The number of likely N-dealkylation sites (tertiary alicyclic amines) is 2. The number of aromatic nitrogens is 1. The lowest BCUT2D eigenvalue weighted by Gasteiger charge is -2.31. The summed E-state index contributed by atoms with van der Waals surface area (Å²) in [6, 6.07) is 6.03. The second kappa shape index (κ2) is 7.50. The van der Waals surface area contributed by atoms with E-state index in [1.54, 1.807) is 34.9 Å². The fraction of sp³-hybridized carbons (Fsp3) is 0.476. The second-order valence-corrected chi connectivity index (χ2v) is 7.94. The summed E-state index contributed by atoms with van der Waals surface area (Å²) >= 11 is 0. The van der Waals surface area contributed by atoms with Gasteiger partial charge in [0.25, 0.3) is 5.91 Å². The molecule has 0 spiro atoms. The van der Waals surface area contributed by atoms with Gasteiger partial charge >= 0.3 is 6.03 Å². The van der Waals surface area contributed by atoms with E-state index >= 15 is 0 Å². The van der Waals surface area contributed by atoms with Gasteiger partial charge in [0, 0.05) is 52.0 Å². The zero-order valence-corrected chi connectivity index (χ0v) is 16.8. The van der Waals surface area contributed by atoms with Crippen LogP contribution in [0.1, 0.15) is 34.8 Å². The smallest absolute Gasteiger partial charge is 0.320 e. The van der Waals surface area contributed by atoms with E-state index in [2.05, 4.69) is 4.98 Å². The molecule has 29 heavy (non-hydrogen) atoms. The van der Waals surface area contributed by atoms with Crippen molar-refractivity contribution in [1.82, 2.24) is 19.7 Å². The molecule has 0 unspecified atom stereocenters. The number of carbonyl (C=O) groups is 2. The average Bonchev–Trinajstić information content (AvgIpc) is 3.40. The summed E-state index contributed by atoms with van der Waals surface area (Å²) in [4.78, 5) is 35.0. The molecule has 3 amide bonds. The Morgan fingerprint density at radius 3 is 2.76 bits per heavy atom. The molecule has 3 heterocycles. The Labute approximate surface area is 169 Å². The number of nitrogens with zero attached hydrogens (tertiary/aromatic N) is 4. The van der Waals surface area contributed by atoms with Crippen molar-refractivity contribution in [3.63, 3.8) is 0 Å². The monoisotopic (exact) mass is 400 g/mol. The Morgan fingerprint density at radius 1 is 1.28 bits per heavy atom. The number of aryl methyl sites for hydroxylation is 1. The van der Waals surface area contributed by atoms with Crippen molar-refractivity contribution in [2.75, 3.05) is 33.7 Å². The van der Waals surface area contributed by atoms with Crippen LogP contribution >= 0.6 is 0 Å². The van der Waals surface area contributed by atoms with Crippen molar-refractivity contribution in [2.45, 2.75) is 19.4 Å². The first kappa shape index (κ1) is 19.4. The lowest BCUT2D eigenvalue weighted by atomic mass is 9.89. The van der Waals surface area contributed by atoms with E-state index in [-0.39, 0.29) is 35.6 Å². The van der Waals surface area contributed by atoms with Gasteiger partial charge in [0.2, 0.25) is 0 Å². The summed E-state index contributed by atoms with van der Waals surface area (Å²) in [7, 11) is 3.43. The maximum atomic E-state index is 13.9. The van der Waals surface area contributed by atoms with Gasteiger partial charge in [0.1, 0.15) is 11.6 Å². The number of carbonyl (C=O) groups excluding carboxylic acids is 2. The largest absolute Gasteiger partial charge is 0.448 e. The Balaban J connectivity index is 1.62. The summed E-state index contributed by atoms with van der Waals surface area (Å²) in [5.74, 6) is 0.283. The van der Waals surface area contributed by atoms with Gasteiger partial charge in [-0.05, 0) is 17.7 Å². The minimum absolute atomic E-state index is 0.0432. The zero-order chi connectivity index (χ0) is 20.7. The molecule has 154 valence electrons. The standard InChI is InChI=1S/C21H25FN4O3/c1-4-17-18(23-12-29-17)20(27)25-9-14-10-26(21(28)24(2)3)19(16(14)11-25)13-6-5-7-15(22)8-13/h5-8,12,14,16,19H,4,9-11H2,1-3H3/t14-,16-,19+/m1/s1. The molecule has 2 aromatic rings. The maximum absolute atomic E-state index is 13.9. The van der Waals surface area contributed by atoms with E-state index in [1.807, 2.05) is 13.0 Å². The third-order valence-corrected chi connectivity index (χ3v) is 5.93. The number of halogens is 1. The van der Waals surface area contributed by atoms with Crippen molar-refractivity contribution in [1.29, 1.82) is 0 Å². The van der Waals surface area contributed by atoms with Crippen LogP contribution in [0.25, 0.3) is 0 Å². The number of amides is 3. The highest BCUT2D eigenvalue weighted by molar-refractivity contribution is 5.93. The zero-order valence-electron chi connectivity index (χ0n) is 16.8. The van der Waals surface area contributed by atoms with E-state index < -0.39 is 0 Å². The van der Waals surface area contributed by atoms with Crippen LogP contribution in [0.3, 0.4) is 0 Å². The number of hydrogen-bond donors (Lipinski definition) is 0. The summed E-state index contributed by atoms with van der Waals surface area (Å²) in [6.07, 6.45) is 1.90. The van der Waals surface area contributed by atoms with Crippen molar-refractivity contribution in [3.05, 3.63) is 53.5 Å². The summed E-state index contributed by atoms with van der Waals surface area (Å²) in [6.45, 7) is 3.49. The molecule has 0 radical (unpaired) electrons. The molecule has 3 atom stereocenters. The van der Waals surface area contributed by atoms with Crippen LogP contribution in [0.5, 0.6) is 0 Å². The molecule has 2 aliphatic heterocycles. The topological polar surface area (TPSA) is 69.9 Å². The number of benzene rings is 1. The van der Waals surface area contributed by atoms with Crippen molar-refractivity contribution < 1.29 is 18.4 Å². The first-order valence-corrected chi connectivity index (χ1v) is 9.85. The van der Waals surface area contributed by atoms with Crippen LogP contribution in [0, 0.1) is 17.7 Å². The second-order valence-electron chi connectivity index (χ2n) is 7.94. The minimum atomic E-state index is -0.329. The van der Waals surface area contributed by atoms with Gasteiger partial charge < -0.3 is 19.1 Å². The van der Waals surface area contributed by atoms with Crippen LogP contribution in [0.4, 0.5) is 9.18 Å². The number of urea groups is 1. The fourth-order valence-corrected chi connectivity index (χ4v) is 4.63. The highest BCUT2D eigenvalue weighted by Gasteiger charge is 2.50. The van der Waals surface area contributed by atoms with Crippen molar-refractivity contribution >= 4 is 11.9 Å². The molecule has 2 aliphatic rings. The van der Waals surface area contributed by atoms with E-state index in [0.717, 1.165) is 5.56 Å². The minimum Gasteiger partial charge on any atom is -0.448 e. The quantitative estimate of drug-likeness (QED) is 0.795. The highest BCUT2D eigenvalue weighted by atomic mass is 19.1. The van der Waals surface area contributed by atoms with Crippen LogP contribution in [-0.4, -0.2) is 65.4 Å². The fourth-order valence-electron chi connectivity index (χ4n) is 4.63.